The maximum atomic E-state index is 11.5. The van der Waals surface area contributed by atoms with Crippen molar-refractivity contribution in [2.24, 2.45) is 5.92 Å². The third-order valence-electron chi connectivity index (χ3n) is 1.80. The van der Waals surface area contributed by atoms with E-state index >= 15 is 0 Å². The summed E-state index contributed by atoms with van der Waals surface area (Å²) in [5.74, 6) is 0.415. The summed E-state index contributed by atoms with van der Waals surface area (Å²) >= 11 is 0. The molecule has 1 radical (unpaired) electrons. The predicted octanol–water partition coefficient (Wildman–Crippen LogP) is 2.41. The van der Waals surface area contributed by atoms with Gasteiger partial charge in [0.05, 0.1) is 0 Å². The average molecular weight is 294 g/mol. The fourth-order valence-corrected chi connectivity index (χ4v) is 2.46. The molecule has 0 amide bonds. The molecule has 0 aliphatic carbocycles. The first-order chi connectivity index (χ1) is 5.28. The van der Waals surface area contributed by atoms with Crippen molar-refractivity contribution in [3.8, 4) is 0 Å². The van der Waals surface area contributed by atoms with Gasteiger partial charge in [-0.1, -0.05) is 33.6 Å². The maximum Gasteiger partial charge on any atom is 0.0287 e. The van der Waals surface area contributed by atoms with Crippen LogP contribution < -0.4 is 0 Å². The molecule has 0 atom stereocenters. The molecule has 4 heteroatoms. The van der Waals surface area contributed by atoms with E-state index in [1.807, 2.05) is 13.8 Å². The molecule has 0 aromatic heterocycles. The average Bonchev–Trinajstić information content (AvgIpc) is 1.85. The number of rotatable bonds is 4. The third kappa shape index (κ3) is 5.12. The zero-order chi connectivity index (χ0) is 9.94. The van der Waals surface area contributed by atoms with Gasteiger partial charge in [-0.3, -0.25) is 8.42 Å². The van der Waals surface area contributed by atoms with Crippen LogP contribution in [0.5, 0.6) is 0 Å². The largest absolute Gasteiger partial charge is 0.262 e. The van der Waals surface area contributed by atoms with Crippen LogP contribution in [0.25, 0.3) is 0 Å². The minimum Gasteiger partial charge on any atom is -0.262 e. The Morgan fingerprint density at radius 3 is 1.77 bits per heavy atom. The first-order valence-corrected chi connectivity index (χ1v) is 5.89. The molecule has 0 saturated carbocycles. The number of hydrogen-bond acceptors (Lipinski definition) is 2. The van der Waals surface area contributed by atoms with E-state index in [1.165, 1.54) is 0 Å². The van der Waals surface area contributed by atoms with E-state index in [-0.39, 0.29) is 24.7 Å². The van der Waals surface area contributed by atoms with Gasteiger partial charge in [-0.05, 0) is 0 Å². The van der Waals surface area contributed by atoms with Gasteiger partial charge in [0.1, 0.15) is 0 Å². The Morgan fingerprint density at radius 2 is 1.54 bits per heavy atom. The van der Waals surface area contributed by atoms with Gasteiger partial charge in [0.15, 0.2) is 0 Å². The van der Waals surface area contributed by atoms with E-state index in [0.29, 0.717) is 17.6 Å². The van der Waals surface area contributed by atoms with Crippen molar-refractivity contribution in [3.63, 3.8) is 0 Å². The SMILES string of the molecule is C[C-](CC(C)C)S(=O)(=O)C(C)C.[Rh]. The van der Waals surface area contributed by atoms with Gasteiger partial charge in [-0.2, -0.15) is 18.6 Å². The summed E-state index contributed by atoms with van der Waals surface area (Å²) < 4.78 is 23.1. The summed E-state index contributed by atoms with van der Waals surface area (Å²) in [6, 6.07) is 0. The third-order valence-corrected chi connectivity index (χ3v) is 4.18. The van der Waals surface area contributed by atoms with Crippen molar-refractivity contribution in [2.75, 3.05) is 0 Å². The number of hydrogen-bond donors (Lipinski definition) is 0. The Morgan fingerprint density at radius 1 is 1.15 bits per heavy atom. The fraction of sp³-hybridized carbons (Fsp3) is 0.889. The monoisotopic (exact) mass is 294 g/mol. The van der Waals surface area contributed by atoms with Crippen molar-refractivity contribution in [1.29, 1.82) is 0 Å². The van der Waals surface area contributed by atoms with Gasteiger partial charge in [-0.25, -0.2) is 0 Å². The predicted molar refractivity (Wildman–Crippen MR) is 52.4 cm³/mol. The minimum absolute atomic E-state index is 0. The second-order valence-corrected chi connectivity index (χ2v) is 6.62. The van der Waals surface area contributed by atoms with Crippen LogP contribution in [0.2, 0.25) is 0 Å². The Balaban J connectivity index is 0. The van der Waals surface area contributed by atoms with Crippen LogP contribution >= 0.6 is 0 Å². The van der Waals surface area contributed by atoms with Crippen molar-refractivity contribution in [2.45, 2.75) is 46.3 Å². The van der Waals surface area contributed by atoms with E-state index in [9.17, 15) is 8.42 Å². The molecule has 83 valence electrons. The first-order valence-electron chi connectivity index (χ1n) is 4.34. The van der Waals surface area contributed by atoms with Crippen molar-refractivity contribution < 1.29 is 27.9 Å². The molecule has 0 fully saturated rings. The zero-order valence-corrected chi connectivity index (χ0v) is 11.4. The molecule has 0 rings (SSSR count). The summed E-state index contributed by atoms with van der Waals surface area (Å²) in [6.45, 7) is 9.21. The summed E-state index contributed by atoms with van der Waals surface area (Å²) in [5.41, 5.74) is 0. The van der Waals surface area contributed by atoms with Crippen molar-refractivity contribution in [3.05, 3.63) is 5.25 Å². The van der Waals surface area contributed by atoms with Crippen LogP contribution in [0.4, 0.5) is 0 Å². The van der Waals surface area contributed by atoms with Crippen molar-refractivity contribution >= 4 is 9.84 Å². The maximum absolute atomic E-state index is 11.5. The molecular formula is C9H19O2RhS-. The molecule has 0 aromatic rings. The molecule has 0 saturated heterocycles. The topological polar surface area (TPSA) is 34.1 Å². The van der Waals surface area contributed by atoms with Gasteiger partial charge in [0.25, 0.3) is 0 Å². The molecule has 0 aliphatic heterocycles. The smallest absolute Gasteiger partial charge is 0.0287 e. The number of sulfone groups is 1. The molecule has 13 heavy (non-hydrogen) atoms. The van der Waals surface area contributed by atoms with Crippen LogP contribution in [-0.2, 0) is 29.3 Å². The summed E-state index contributed by atoms with van der Waals surface area (Å²) in [6.07, 6.45) is 0.681. The van der Waals surface area contributed by atoms with E-state index < -0.39 is 9.84 Å². The van der Waals surface area contributed by atoms with Gasteiger partial charge in [-0.15, -0.1) is 0 Å². The van der Waals surface area contributed by atoms with Crippen LogP contribution in [0.15, 0.2) is 0 Å². The van der Waals surface area contributed by atoms with Gasteiger partial charge in [0, 0.05) is 34.6 Å². The Labute approximate surface area is 95.2 Å². The molecule has 0 aliphatic rings. The van der Waals surface area contributed by atoms with Gasteiger partial charge in [0.2, 0.25) is 0 Å². The van der Waals surface area contributed by atoms with Crippen LogP contribution in [0.1, 0.15) is 41.0 Å². The molecule has 0 unspecified atom stereocenters. The van der Waals surface area contributed by atoms with Gasteiger partial charge >= 0.3 is 0 Å². The molecule has 0 spiro atoms. The van der Waals surface area contributed by atoms with Crippen LogP contribution in [0, 0.1) is 11.2 Å². The van der Waals surface area contributed by atoms with Gasteiger partial charge < -0.3 is 0 Å². The fourth-order valence-electron chi connectivity index (χ4n) is 1.09. The molecular weight excluding hydrogens is 275 g/mol. The normalized spacial score (nSPS) is 12.3. The minimum atomic E-state index is -2.96. The second-order valence-electron chi connectivity index (χ2n) is 3.89. The molecule has 2 nitrogen and oxygen atoms in total. The van der Waals surface area contributed by atoms with E-state index in [4.69, 9.17) is 0 Å². The summed E-state index contributed by atoms with van der Waals surface area (Å²) in [5, 5.41) is 0.337. The van der Waals surface area contributed by atoms with E-state index in [0.717, 1.165) is 0 Å². The Bertz CT molecular complexity index is 220. The molecule has 0 N–H and O–H groups in total. The van der Waals surface area contributed by atoms with Crippen molar-refractivity contribution in [1.82, 2.24) is 0 Å². The Kier molecular flexibility index (Phi) is 7.56. The molecule has 0 aromatic carbocycles. The van der Waals surface area contributed by atoms with Crippen LogP contribution in [0.3, 0.4) is 0 Å². The Hall–Kier alpha value is 0.573. The zero-order valence-electron chi connectivity index (χ0n) is 8.92. The standard InChI is InChI=1S/C9H19O2S.Rh/c1-7(2)6-9(5)12(10,11)8(3)4;/h7-8H,6H2,1-5H3;/q-1;. The van der Waals surface area contributed by atoms with E-state index in [2.05, 4.69) is 0 Å². The second kappa shape index (κ2) is 6.13. The quantitative estimate of drug-likeness (QED) is 0.589. The van der Waals surface area contributed by atoms with E-state index in [1.54, 1.807) is 20.8 Å². The first kappa shape index (κ1) is 16.0. The summed E-state index contributed by atoms with van der Waals surface area (Å²) in [4.78, 5) is 0. The van der Waals surface area contributed by atoms with Crippen LogP contribution in [-0.4, -0.2) is 13.7 Å². The summed E-state index contributed by atoms with van der Waals surface area (Å²) in [7, 11) is -2.96. The molecule has 0 bridgehead atoms. The molecule has 0 heterocycles.